The lowest BCUT2D eigenvalue weighted by atomic mass is 9.94. The number of benzene rings is 1. The number of hydrogen-bond acceptors (Lipinski definition) is 4. The Kier molecular flexibility index (Phi) is 4.29. The molecule has 0 saturated carbocycles. The van der Waals surface area contributed by atoms with E-state index >= 15 is 0 Å². The third-order valence-corrected chi connectivity index (χ3v) is 4.32. The van der Waals surface area contributed by atoms with Gasteiger partial charge in [-0.15, -0.1) is 0 Å². The van der Waals surface area contributed by atoms with Crippen molar-refractivity contribution in [1.29, 1.82) is 0 Å². The fourth-order valence-electron chi connectivity index (χ4n) is 3.21. The SMILES string of the molecule is COc1ccccc1OCCN1CC2NCCCC2C1=O. The van der Waals surface area contributed by atoms with Crippen LogP contribution in [0.4, 0.5) is 0 Å². The lowest BCUT2D eigenvalue weighted by molar-refractivity contribution is -0.131. The molecule has 2 atom stereocenters. The van der Waals surface area contributed by atoms with Gasteiger partial charge in [0.25, 0.3) is 0 Å². The number of amides is 1. The number of piperidine rings is 1. The topological polar surface area (TPSA) is 50.8 Å². The van der Waals surface area contributed by atoms with Crippen LogP contribution in [0.15, 0.2) is 24.3 Å². The summed E-state index contributed by atoms with van der Waals surface area (Å²) in [5.74, 6) is 1.89. The molecule has 21 heavy (non-hydrogen) atoms. The number of para-hydroxylation sites is 2. The molecule has 2 aliphatic heterocycles. The highest BCUT2D eigenvalue weighted by molar-refractivity contribution is 5.82. The number of hydrogen-bond donors (Lipinski definition) is 1. The fourth-order valence-corrected chi connectivity index (χ4v) is 3.21. The molecule has 1 N–H and O–H groups in total. The number of carbonyl (C=O) groups is 1. The van der Waals surface area contributed by atoms with Crippen molar-refractivity contribution in [3.8, 4) is 11.5 Å². The van der Waals surface area contributed by atoms with E-state index in [1.165, 1.54) is 0 Å². The van der Waals surface area contributed by atoms with Crippen molar-refractivity contribution >= 4 is 5.91 Å². The fraction of sp³-hybridized carbons (Fsp3) is 0.562. The van der Waals surface area contributed by atoms with Crippen LogP contribution in [-0.2, 0) is 4.79 Å². The molecule has 0 aromatic heterocycles. The number of rotatable bonds is 5. The minimum Gasteiger partial charge on any atom is -0.493 e. The van der Waals surface area contributed by atoms with Gasteiger partial charge in [-0.2, -0.15) is 0 Å². The van der Waals surface area contributed by atoms with Gasteiger partial charge in [0.2, 0.25) is 5.91 Å². The van der Waals surface area contributed by atoms with Crippen molar-refractivity contribution in [3.63, 3.8) is 0 Å². The standard InChI is InChI=1S/C16H22N2O3/c1-20-14-6-2-3-7-15(14)21-10-9-18-11-13-12(16(18)19)5-4-8-17-13/h2-3,6-7,12-13,17H,4-5,8-11H2,1H3. The monoisotopic (exact) mass is 290 g/mol. The Labute approximate surface area is 125 Å². The Hall–Kier alpha value is -1.75. The Balaban J connectivity index is 1.53. The van der Waals surface area contributed by atoms with E-state index < -0.39 is 0 Å². The zero-order chi connectivity index (χ0) is 14.7. The van der Waals surface area contributed by atoms with Gasteiger partial charge in [-0.25, -0.2) is 0 Å². The van der Waals surface area contributed by atoms with E-state index in [9.17, 15) is 4.79 Å². The van der Waals surface area contributed by atoms with E-state index in [-0.39, 0.29) is 11.8 Å². The van der Waals surface area contributed by atoms with Crippen LogP contribution in [0.2, 0.25) is 0 Å². The first-order chi connectivity index (χ1) is 10.3. The average Bonchev–Trinajstić information content (AvgIpc) is 2.85. The Morgan fingerprint density at radius 2 is 2.14 bits per heavy atom. The normalized spacial score (nSPS) is 24.8. The van der Waals surface area contributed by atoms with Crippen LogP contribution in [0.3, 0.4) is 0 Å². The largest absolute Gasteiger partial charge is 0.493 e. The summed E-state index contributed by atoms with van der Waals surface area (Å²) < 4.78 is 11.0. The number of fused-ring (bicyclic) bond motifs is 1. The molecule has 5 heteroatoms. The van der Waals surface area contributed by atoms with E-state index in [0.717, 1.165) is 37.4 Å². The Bertz CT molecular complexity index is 506. The number of nitrogens with zero attached hydrogens (tertiary/aromatic N) is 1. The third kappa shape index (κ3) is 2.97. The number of methoxy groups -OCH3 is 1. The summed E-state index contributed by atoms with van der Waals surface area (Å²) in [6, 6.07) is 7.90. The first-order valence-electron chi connectivity index (χ1n) is 7.57. The first-order valence-corrected chi connectivity index (χ1v) is 7.57. The van der Waals surface area contributed by atoms with Crippen LogP contribution in [0, 0.1) is 5.92 Å². The van der Waals surface area contributed by atoms with Crippen LogP contribution in [0.1, 0.15) is 12.8 Å². The Morgan fingerprint density at radius 3 is 2.90 bits per heavy atom. The molecule has 2 aliphatic rings. The molecule has 3 rings (SSSR count). The van der Waals surface area contributed by atoms with Crippen LogP contribution in [0.25, 0.3) is 0 Å². The van der Waals surface area contributed by atoms with Crippen molar-refractivity contribution < 1.29 is 14.3 Å². The third-order valence-electron chi connectivity index (χ3n) is 4.32. The number of carbonyl (C=O) groups excluding carboxylic acids is 1. The summed E-state index contributed by atoms with van der Waals surface area (Å²) >= 11 is 0. The van der Waals surface area contributed by atoms with E-state index in [4.69, 9.17) is 9.47 Å². The number of nitrogens with one attached hydrogen (secondary N) is 1. The first kappa shape index (κ1) is 14.2. The zero-order valence-corrected chi connectivity index (χ0v) is 12.4. The molecule has 0 bridgehead atoms. The van der Waals surface area contributed by atoms with Crippen LogP contribution >= 0.6 is 0 Å². The molecular formula is C16H22N2O3. The maximum absolute atomic E-state index is 12.3. The second kappa shape index (κ2) is 6.35. The molecule has 2 saturated heterocycles. The summed E-state index contributed by atoms with van der Waals surface area (Å²) in [4.78, 5) is 14.2. The van der Waals surface area contributed by atoms with Gasteiger partial charge in [0.05, 0.1) is 19.6 Å². The molecule has 1 amide bonds. The molecule has 0 aliphatic carbocycles. The average molecular weight is 290 g/mol. The van der Waals surface area contributed by atoms with Crippen LogP contribution < -0.4 is 14.8 Å². The molecule has 5 nitrogen and oxygen atoms in total. The second-order valence-electron chi connectivity index (χ2n) is 5.59. The van der Waals surface area contributed by atoms with Crippen molar-refractivity contribution in [3.05, 3.63) is 24.3 Å². The van der Waals surface area contributed by atoms with Crippen molar-refractivity contribution in [2.24, 2.45) is 5.92 Å². The summed E-state index contributed by atoms with van der Waals surface area (Å²) in [5, 5.41) is 3.44. The van der Waals surface area contributed by atoms with Crippen molar-refractivity contribution in [2.75, 3.05) is 33.4 Å². The molecule has 2 heterocycles. The lowest BCUT2D eigenvalue weighted by Crippen LogP contribution is -2.41. The molecule has 2 fully saturated rings. The minimum absolute atomic E-state index is 0.171. The van der Waals surface area contributed by atoms with Gasteiger partial charge in [-0.05, 0) is 31.5 Å². The van der Waals surface area contributed by atoms with Gasteiger partial charge in [0.1, 0.15) is 6.61 Å². The minimum atomic E-state index is 0.171. The predicted octanol–water partition coefficient (Wildman–Crippen LogP) is 1.28. The van der Waals surface area contributed by atoms with E-state index in [0.29, 0.717) is 19.2 Å². The van der Waals surface area contributed by atoms with Crippen molar-refractivity contribution in [2.45, 2.75) is 18.9 Å². The second-order valence-corrected chi connectivity index (χ2v) is 5.59. The van der Waals surface area contributed by atoms with Crippen LogP contribution in [-0.4, -0.2) is 50.2 Å². The van der Waals surface area contributed by atoms with Gasteiger partial charge in [0, 0.05) is 12.6 Å². The van der Waals surface area contributed by atoms with E-state index in [2.05, 4.69) is 5.32 Å². The molecule has 1 aromatic carbocycles. The van der Waals surface area contributed by atoms with Gasteiger partial charge in [-0.3, -0.25) is 4.79 Å². The summed E-state index contributed by atoms with van der Waals surface area (Å²) in [7, 11) is 1.63. The molecule has 114 valence electrons. The summed E-state index contributed by atoms with van der Waals surface area (Å²) in [5.41, 5.74) is 0. The quantitative estimate of drug-likeness (QED) is 0.887. The predicted molar refractivity (Wildman–Crippen MR) is 79.6 cm³/mol. The Morgan fingerprint density at radius 1 is 1.33 bits per heavy atom. The van der Waals surface area contributed by atoms with Crippen molar-refractivity contribution in [1.82, 2.24) is 10.2 Å². The molecule has 2 unspecified atom stereocenters. The highest BCUT2D eigenvalue weighted by atomic mass is 16.5. The van der Waals surface area contributed by atoms with Gasteiger partial charge in [0.15, 0.2) is 11.5 Å². The molecular weight excluding hydrogens is 268 g/mol. The van der Waals surface area contributed by atoms with Gasteiger partial charge >= 0.3 is 0 Å². The highest BCUT2D eigenvalue weighted by Gasteiger charge is 2.40. The van der Waals surface area contributed by atoms with Gasteiger partial charge in [-0.1, -0.05) is 12.1 Å². The highest BCUT2D eigenvalue weighted by Crippen LogP contribution is 2.27. The van der Waals surface area contributed by atoms with Gasteiger partial charge < -0.3 is 19.7 Å². The van der Waals surface area contributed by atoms with Crippen LogP contribution in [0.5, 0.6) is 11.5 Å². The lowest BCUT2D eigenvalue weighted by Gasteiger charge is -2.23. The zero-order valence-electron chi connectivity index (χ0n) is 12.4. The van der Waals surface area contributed by atoms with E-state index in [1.54, 1.807) is 7.11 Å². The molecule has 0 radical (unpaired) electrons. The maximum atomic E-state index is 12.3. The summed E-state index contributed by atoms with van der Waals surface area (Å²) in [6.07, 6.45) is 2.11. The summed E-state index contributed by atoms with van der Waals surface area (Å²) in [6.45, 7) is 2.95. The van der Waals surface area contributed by atoms with E-state index in [1.807, 2.05) is 29.2 Å². The molecule has 0 spiro atoms. The molecule has 1 aromatic rings. The number of likely N-dealkylation sites (tertiary alicyclic amines) is 1. The number of ether oxygens (including phenoxy) is 2. The smallest absolute Gasteiger partial charge is 0.227 e. The maximum Gasteiger partial charge on any atom is 0.227 e.